The highest BCUT2D eigenvalue weighted by Gasteiger charge is 2.20. The summed E-state index contributed by atoms with van der Waals surface area (Å²) in [6.07, 6.45) is 1.34. The van der Waals surface area contributed by atoms with Gasteiger partial charge in [-0.1, -0.05) is 34.8 Å². The number of carbonyl (C=O) groups is 1. The third kappa shape index (κ3) is 3.57. The number of benzene rings is 1. The first-order chi connectivity index (χ1) is 9.88. The maximum atomic E-state index is 12.1. The Morgan fingerprint density at radius 2 is 2.00 bits per heavy atom. The molecule has 0 saturated heterocycles. The van der Waals surface area contributed by atoms with Gasteiger partial charge in [0.25, 0.3) is 11.6 Å². The topological polar surface area (TPSA) is 98.0 Å². The van der Waals surface area contributed by atoms with Crippen molar-refractivity contribution in [2.75, 3.05) is 5.32 Å². The molecule has 1 amide bonds. The third-order valence-corrected chi connectivity index (χ3v) is 3.33. The highest BCUT2D eigenvalue weighted by Crippen LogP contribution is 2.31. The van der Waals surface area contributed by atoms with Gasteiger partial charge in [0.1, 0.15) is 5.15 Å². The molecule has 0 unspecified atom stereocenters. The number of amides is 1. The lowest BCUT2D eigenvalue weighted by Crippen LogP contribution is -2.15. The van der Waals surface area contributed by atoms with E-state index in [1.807, 2.05) is 0 Å². The van der Waals surface area contributed by atoms with Crippen molar-refractivity contribution in [2.45, 2.75) is 0 Å². The number of rotatable bonds is 3. The maximum absolute atomic E-state index is 12.1. The second-order valence-electron chi connectivity index (χ2n) is 3.70. The maximum Gasteiger partial charge on any atom is 0.271 e. The van der Waals surface area contributed by atoms with Crippen molar-refractivity contribution in [3.63, 3.8) is 0 Å². The second kappa shape index (κ2) is 6.21. The molecule has 0 aliphatic carbocycles. The Hall–Kier alpha value is -1.96. The first-order valence-electron chi connectivity index (χ1n) is 5.32. The molecule has 0 radical (unpaired) electrons. The first-order valence-corrected chi connectivity index (χ1v) is 6.45. The molecule has 1 aromatic heterocycles. The summed E-state index contributed by atoms with van der Waals surface area (Å²) >= 11 is 17.3. The molecule has 0 aliphatic heterocycles. The number of hydrogen-bond donors (Lipinski definition) is 1. The summed E-state index contributed by atoms with van der Waals surface area (Å²) in [7, 11) is 0. The van der Waals surface area contributed by atoms with Crippen molar-refractivity contribution >= 4 is 52.3 Å². The van der Waals surface area contributed by atoms with Crippen molar-refractivity contribution in [1.82, 2.24) is 9.97 Å². The normalized spacial score (nSPS) is 10.2. The van der Waals surface area contributed by atoms with E-state index in [1.54, 1.807) is 0 Å². The molecule has 108 valence electrons. The minimum Gasteiger partial charge on any atom is -0.290 e. The molecule has 0 spiro atoms. The molecule has 0 aliphatic rings. The number of nitrogens with zero attached hydrogens (tertiary/aromatic N) is 3. The number of hydrogen-bond acceptors (Lipinski definition) is 5. The molecule has 0 atom stereocenters. The predicted molar refractivity (Wildman–Crippen MR) is 78.1 cm³/mol. The zero-order chi connectivity index (χ0) is 15.6. The van der Waals surface area contributed by atoms with E-state index < -0.39 is 10.8 Å². The molecule has 2 rings (SSSR count). The van der Waals surface area contributed by atoms with Gasteiger partial charge in [-0.15, -0.1) is 0 Å². The van der Waals surface area contributed by atoms with Crippen molar-refractivity contribution < 1.29 is 9.72 Å². The van der Waals surface area contributed by atoms with Crippen LogP contribution < -0.4 is 5.32 Å². The van der Waals surface area contributed by atoms with Gasteiger partial charge in [-0.2, -0.15) is 0 Å². The van der Waals surface area contributed by atoms with E-state index >= 15 is 0 Å². The second-order valence-corrected chi connectivity index (χ2v) is 4.88. The number of nitro benzene ring substituents is 1. The van der Waals surface area contributed by atoms with Crippen molar-refractivity contribution in [3.05, 3.63) is 55.3 Å². The van der Waals surface area contributed by atoms with Crippen LogP contribution in [-0.2, 0) is 0 Å². The molecule has 0 bridgehead atoms. The van der Waals surface area contributed by atoms with Gasteiger partial charge in [0.2, 0.25) is 5.95 Å². The average molecular weight is 348 g/mol. The van der Waals surface area contributed by atoms with Crippen molar-refractivity contribution in [1.29, 1.82) is 0 Å². The number of non-ortho nitro benzene ring substituents is 1. The van der Waals surface area contributed by atoms with Crippen LogP contribution in [0.5, 0.6) is 0 Å². The summed E-state index contributed by atoms with van der Waals surface area (Å²) in [6.45, 7) is 0. The molecular weight excluding hydrogens is 343 g/mol. The first kappa shape index (κ1) is 15.4. The van der Waals surface area contributed by atoms with Gasteiger partial charge in [-0.3, -0.25) is 20.2 Å². The monoisotopic (exact) mass is 346 g/mol. The summed E-state index contributed by atoms with van der Waals surface area (Å²) in [5.74, 6) is -0.806. The van der Waals surface area contributed by atoms with Crippen LogP contribution in [0.1, 0.15) is 10.4 Å². The number of aromatic nitrogens is 2. The van der Waals surface area contributed by atoms with E-state index in [0.717, 1.165) is 12.1 Å². The highest BCUT2D eigenvalue weighted by molar-refractivity contribution is 6.44. The van der Waals surface area contributed by atoms with E-state index in [2.05, 4.69) is 15.3 Å². The van der Waals surface area contributed by atoms with E-state index in [9.17, 15) is 14.9 Å². The summed E-state index contributed by atoms with van der Waals surface area (Å²) in [5, 5.41) is 13.0. The van der Waals surface area contributed by atoms with Crippen LogP contribution in [0.15, 0.2) is 24.4 Å². The standard InChI is InChI=1S/C11H5Cl3N4O3/c12-7-4-5(18(20)21)3-6(9(7)14)10(19)17-11-15-2-1-8(13)16-11/h1-4H,(H,15,16,17,19). The number of anilines is 1. The lowest BCUT2D eigenvalue weighted by molar-refractivity contribution is -0.384. The van der Waals surface area contributed by atoms with E-state index in [1.165, 1.54) is 12.3 Å². The molecule has 10 heteroatoms. The minimum absolute atomic E-state index is 0.0637. The summed E-state index contributed by atoms with van der Waals surface area (Å²) < 4.78 is 0. The molecule has 1 N–H and O–H groups in total. The number of carbonyl (C=O) groups excluding carboxylic acids is 1. The Bertz CT molecular complexity index is 739. The number of nitrogens with one attached hydrogen (secondary N) is 1. The summed E-state index contributed by atoms with van der Waals surface area (Å²) in [6, 6.07) is 3.49. The zero-order valence-corrected chi connectivity index (χ0v) is 12.3. The molecule has 1 aromatic carbocycles. The van der Waals surface area contributed by atoms with Crippen LogP contribution >= 0.6 is 34.8 Å². The average Bonchev–Trinajstić information content (AvgIpc) is 2.41. The van der Waals surface area contributed by atoms with Crippen LogP contribution in [0.25, 0.3) is 0 Å². The molecule has 7 nitrogen and oxygen atoms in total. The fraction of sp³-hybridized carbons (Fsp3) is 0. The predicted octanol–water partition coefficient (Wildman–Crippen LogP) is 3.60. The molecule has 21 heavy (non-hydrogen) atoms. The van der Waals surface area contributed by atoms with Gasteiger partial charge in [0.15, 0.2) is 0 Å². The fourth-order valence-electron chi connectivity index (χ4n) is 1.41. The molecule has 0 saturated carbocycles. The third-order valence-electron chi connectivity index (χ3n) is 2.32. The van der Waals surface area contributed by atoms with Gasteiger partial charge in [0.05, 0.1) is 20.5 Å². The quantitative estimate of drug-likeness (QED) is 0.519. The van der Waals surface area contributed by atoms with Crippen molar-refractivity contribution in [2.24, 2.45) is 0 Å². The summed E-state index contributed by atoms with van der Waals surface area (Å²) in [4.78, 5) is 29.7. The number of halogens is 3. The molecular formula is C11H5Cl3N4O3. The van der Waals surface area contributed by atoms with Gasteiger partial charge in [-0.25, -0.2) is 9.97 Å². The van der Waals surface area contributed by atoms with Crippen LogP contribution in [0.2, 0.25) is 15.2 Å². The number of nitro groups is 1. The van der Waals surface area contributed by atoms with Crippen LogP contribution in [0.4, 0.5) is 11.6 Å². The Morgan fingerprint density at radius 1 is 1.29 bits per heavy atom. The van der Waals surface area contributed by atoms with Crippen molar-refractivity contribution in [3.8, 4) is 0 Å². The largest absolute Gasteiger partial charge is 0.290 e. The minimum atomic E-state index is -0.743. The van der Waals surface area contributed by atoms with E-state index in [0.29, 0.717) is 0 Å². The lowest BCUT2D eigenvalue weighted by atomic mass is 10.2. The van der Waals surface area contributed by atoms with Gasteiger partial charge in [-0.05, 0) is 6.07 Å². The van der Waals surface area contributed by atoms with Gasteiger partial charge in [0, 0.05) is 18.3 Å². The Morgan fingerprint density at radius 3 is 2.62 bits per heavy atom. The van der Waals surface area contributed by atoms with Crippen LogP contribution in [0.3, 0.4) is 0 Å². The molecule has 0 fully saturated rings. The highest BCUT2D eigenvalue weighted by atomic mass is 35.5. The fourth-order valence-corrected chi connectivity index (χ4v) is 1.96. The Balaban J connectivity index is 2.37. The zero-order valence-electron chi connectivity index (χ0n) is 10.0. The van der Waals surface area contributed by atoms with Gasteiger partial charge < -0.3 is 0 Å². The van der Waals surface area contributed by atoms with E-state index in [4.69, 9.17) is 34.8 Å². The summed E-state index contributed by atoms with van der Waals surface area (Å²) in [5.41, 5.74) is -0.527. The molecule has 2 aromatic rings. The van der Waals surface area contributed by atoms with Crippen LogP contribution in [-0.4, -0.2) is 20.8 Å². The lowest BCUT2D eigenvalue weighted by Gasteiger charge is -2.06. The smallest absolute Gasteiger partial charge is 0.271 e. The van der Waals surface area contributed by atoms with E-state index in [-0.39, 0.29) is 32.4 Å². The van der Waals surface area contributed by atoms with Gasteiger partial charge >= 0.3 is 0 Å². The SMILES string of the molecule is O=C(Nc1nccc(Cl)n1)c1cc([N+](=O)[O-])cc(Cl)c1Cl. The van der Waals surface area contributed by atoms with Crippen LogP contribution in [0, 0.1) is 10.1 Å². The molecule has 1 heterocycles. The Kier molecular flexibility index (Phi) is 4.56. The Labute approximate surface area is 133 Å².